The van der Waals surface area contributed by atoms with Crippen LogP contribution < -0.4 is 9.46 Å². The minimum atomic E-state index is -2.46. The van der Waals surface area contributed by atoms with Gasteiger partial charge in [-0.1, -0.05) is 11.6 Å². The maximum absolute atomic E-state index is 13.0. The Morgan fingerprint density at radius 3 is 2.48 bits per heavy atom. The lowest BCUT2D eigenvalue weighted by atomic mass is 10.1. The second-order valence-electron chi connectivity index (χ2n) is 8.84. The van der Waals surface area contributed by atoms with Crippen molar-refractivity contribution in [2.75, 3.05) is 37.2 Å². The Morgan fingerprint density at radius 2 is 1.82 bits per heavy atom. The number of aromatic nitrogens is 2. The van der Waals surface area contributed by atoms with Crippen molar-refractivity contribution in [3.05, 3.63) is 41.6 Å². The lowest BCUT2D eigenvalue weighted by Gasteiger charge is -2.32. The Labute approximate surface area is 194 Å². The van der Waals surface area contributed by atoms with Crippen molar-refractivity contribution in [1.29, 1.82) is 0 Å². The molecule has 1 unspecified atom stereocenters. The summed E-state index contributed by atoms with van der Waals surface area (Å²) >= 11 is 0. The van der Waals surface area contributed by atoms with Crippen molar-refractivity contribution < 1.29 is 18.5 Å². The monoisotopic (exact) mass is 473 g/mol. The van der Waals surface area contributed by atoms with E-state index in [4.69, 9.17) is 4.74 Å². The number of carbonyl (C=O) groups excluding carboxylic acids is 2. The van der Waals surface area contributed by atoms with Crippen molar-refractivity contribution in [3.8, 4) is 5.75 Å². The van der Waals surface area contributed by atoms with Crippen LogP contribution >= 0.6 is 0 Å². The van der Waals surface area contributed by atoms with Crippen LogP contribution in [0.15, 0.2) is 30.5 Å². The number of hydrogen-bond donors (Lipinski definition) is 1. The van der Waals surface area contributed by atoms with Gasteiger partial charge in [-0.2, -0.15) is 4.68 Å². The molecular formula is C23H31N5O4S. The number of piperidine rings is 1. The summed E-state index contributed by atoms with van der Waals surface area (Å²) in [5, 5.41) is 4.16. The van der Waals surface area contributed by atoms with E-state index in [-0.39, 0.29) is 18.0 Å². The molecule has 2 aliphatic rings. The van der Waals surface area contributed by atoms with Crippen LogP contribution in [-0.2, 0) is 9.71 Å². The van der Waals surface area contributed by atoms with Crippen molar-refractivity contribution in [2.24, 2.45) is 0 Å². The summed E-state index contributed by atoms with van der Waals surface area (Å²) in [5.74, 6) is 4.52. The first-order valence-corrected chi connectivity index (χ1v) is 13.3. The molecule has 0 saturated carbocycles. The summed E-state index contributed by atoms with van der Waals surface area (Å²) in [6.07, 6.45) is 6.34. The second-order valence-corrected chi connectivity index (χ2v) is 11.1. The van der Waals surface area contributed by atoms with Crippen LogP contribution in [0, 0.1) is 6.92 Å². The number of anilines is 1. The zero-order valence-electron chi connectivity index (χ0n) is 19.2. The molecule has 2 amide bonds. The number of hydrogen-bond acceptors (Lipinski definition) is 5. The Morgan fingerprint density at radius 1 is 1.12 bits per heavy atom. The van der Waals surface area contributed by atoms with Gasteiger partial charge in [-0.05, 0) is 37.8 Å². The predicted octanol–water partition coefficient (Wildman–Crippen LogP) is 2.61. The minimum Gasteiger partial charge on any atom is -0.489 e. The van der Waals surface area contributed by atoms with E-state index in [1.54, 1.807) is 17.2 Å². The third-order valence-corrected chi connectivity index (χ3v) is 6.51. The molecule has 10 heteroatoms. The molecule has 1 aromatic carbocycles. The first-order chi connectivity index (χ1) is 15.7. The zero-order chi connectivity index (χ0) is 23.6. The number of aryl methyl sites for hydroxylation is 1. The minimum absolute atomic E-state index is 0.0280. The van der Waals surface area contributed by atoms with E-state index < -0.39 is 9.71 Å². The van der Waals surface area contributed by atoms with Gasteiger partial charge in [0.15, 0.2) is 5.82 Å². The van der Waals surface area contributed by atoms with Gasteiger partial charge < -0.3 is 14.5 Å². The molecule has 0 bridgehead atoms. The van der Waals surface area contributed by atoms with Crippen molar-refractivity contribution in [2.45, 2.75) is 38.7 Å². The highest BCUT2D eigenvalue weighted by Gasteiger charge is 2.28. The van der Waals surface area contributed by atoms with E-state index in [1.807, 2.05) is 30.0 Å². The number of likely N-dealkylation sites (tertiary alicyclic amines) is 2. The SMILES string of the molecule is C=S(C)(=O)Nc1ccn(C(=O)N2CCC(Oc3ccc(C)cc3C(=O)N3CCCC3)CC2)n1. The quantitative estimate of drug-likeness (QED) is 0.674. The highest BCUT2D eigenvalue weighted by Crippen LogP contribution is 2.27. The first-order valence-electron chi connectivity index (χ1n) is 11.2. The predicted molar refractivity (Wildman–Crippen MR) is 129 cm³/mol. The molecule has 2 fully saturated rings. The summed E-state index contributed by atoms with van der Waals surface area (Å²) in [5.41, 5.74) is 1.64. The zero-order valence-corrected chi connectivity index (χ0v) is 20.0. The number of amides is 2. The molecule has 2 saturated heterocycles. The summed E-state index contributed by atoms with van der Waals surface area (Å²) < 4.78 is 22.0. The van der Waals surface area contributed by atoms with E-state index in [0.29, 0.717) is 43.1 Å². The van der Waals surface area contributed by atoms with Crippen LogP contribution in [0.1, 0.15) is 41.6 Å². The van der Waals surface area contributed by atoms with Gasteiger partial charge in [0.2, 0.25) is 0 Å². The van der Waals surface area contributed by atoms with Crippen LogP contribution in [0.4, 0.5) is 10.6 Å². The average Bonchev–Trinajstić information content (AvgIpc) is 3.46. The lowest BCUT2D eigenvalue weighted by molar-refractivity contribution is 0.0776. The van der Waals surface area contributed by atoms with E-state index in [9.17, 15) is 13.8 Å². The third-order valence-electron chi connectivity index (χ3n) is 5.87. The number of benzene rings is 1. The number of carbonyl (C=O) groups is 2. The number of nitrogens with zero attached hydrogens (tertiary/aromatic N) is 4. The maximum Gasteiger partial charge on any atom is 0.344 e. The van der Waals surface area contributed by atoms with Gasteiger partial charge in [0, 0.05) is 67.2 Å². The molecule has 2 aliphatic heterocycles. The smallest absolute Gasteiger partial charge is 0.344 e. The molecular weight excluding hydrogens is 442 g/mol. The first kappa shape index (κ1) is 23.2. The average molecular weight is 474 g/mol. The molecule has 178 valence electrons. The van der Waals surface area contributed by atoms with E-state index >= 15 is 0 Å². The standard InChI is InChI=1S/C23H31N5O4S/c1-17-6-7-20(19(16-17)22(29)26-11-4-5-12-26)32-18-8-13-27(14-9-18)23(30)28-15-10-21(24-28)25-33(2,3)31/h6-7,10,15-16,18H,2,4-5,8-9,11-14H2,1,3H3,(H,24,25,31). The second kappa shape index (κ2) is 9.46. The number of rotatable bonds is 5. The van der Waals surface area contributed by atoms with E-state index in [1.165, 1.54) is 10.9 Å². The summed E-state index contributed by atoms with van der Waals surface area (Å²) in [6, 6.07) is 7.09. The molecule has 2 aromatic rings. The maximum atomic E-state index is 13.0. The van der Waals surface area contributed by atoms with Gasteiger partial charge in [0.05, 0.1) is 5.56 Å². The van der Waals surface area contributed by atoms with Crippen LogP contribution in [0.5, 0.6) is 5.75 Å². The Hall–Kier alpha value is -3.01. The van der Waals surface area contributed by atoms with Crippen LogP contribution in [0.25, 0.3) is 0 Å². The Bertz CT molecular complexity index is 1130. The van der Waals surface area contributed by atoms with Crippen molar-refractivity contribution in [3.63, 3.8) is 0 Å². The van der Waals surface area contributed by atoms with Gasteiger partial charge in [0.1, 0.15) is 11.9 Å². The van der Waals surface area contributed by atoms with Crippen molar-refractivity contribution in [1.82, 2.24) is 19.6 Å². The molecule has 1 atom stereocenters. The number of ether oxygens (including phenoxy) is 1. The molecule has 9 nitrogen and oxygen atoms in total. The molecule has 1 N–H and O–H groups in total. The molecule has 4 rings (SSSR count). The highest BCUT2D eigenvalue weighted by atomic mass is 32.2. The highest BCUT2D eigenvalue weighted by molar-refractivity contribution is 8.00. The summed E-state index contributed by atoms with van der Waals surface area (Å²) in [6.45, 7) is 4.60. The Kier molecular flexibility index (Phi) is 6.64. The summed E-state index contributed by atoms with van der Waals surface area (Å²) in [4.78, 5) is 29.4. The Balaban J connectivity index is 1.37. The molecule has 0 aliphatic carbocycles. The van der Waals surface area contributed by atoms with E-state index in [0.717, 1.165) is 31.5 Å². The molecule has 3 heterocycles. The number of nitrogens with one attached hydrogen (secondary N) is 1. The van der Waals surface area contributed by atoms with Crippen LogP contribution in [0.2, 0.25) is 0 Å². The molecule has 0 radical (unpaired) electrons. The summed E-state index contributed by atoms with van der Waals surface area (Å²) in [7, 11) is -2.46. The third kappa shape index (κ3) is 5.68. The van der Waals surface area contributed by atoms with Gasteiger partial charge in [-0.15, -0.1) is 5.10 Å². The van der Waals surface area contributed by atoms with Gasteiger partial charge in [0.25, 0.3) is 5.91 Å². The van der Waals surface area contributed by atoms with Crippen LogP contribution in [0.3, 0.4) is 0 Å². The fourth-order valence-electron chi connectivity index (χ4n) is 4.20. The normalized spacial score (nSPS) is 18.7. The fourth-order valence-corrected chi connectivity index (χ4v) is 4.75. The van der Waals surface area contributed by atoms with Gasteiger partial charge in [-0.25, -0.2) is 9.00 Å². The largest absolute Gasteiger partial charge is 0.489 e. The molecule has 33 heavy (non-hydrogen) atoms. The molecule has 0 spiro atoms. The van der Waals surface area contributed by atoms with Gasteiger partial charge >= 0.3 is 6.03 Å². The van der Waals surface area contributed by atoms with Gasteiger partial charge in [-0.3, -0.25) is 9.52 Å². The lowest BCUT2D eigenvalue weighted by Crippen LogP contribution is -2.44. The van der Waals surface area contributed by atoms with Crippen LogP contribution in [-0.4, -0.2) is 80.1 Å². The topological polar surface area (TPSA) is 96.8 Å². The van der Waals surface area contributed by atoms with Crippen molar-refractivity contribution >= 4 is 33.3 Å². The molecule has 1 aromatic heterocycles. The van der Waals surface area contributed by atoms with E-state index in [2.05, 4.69) is 15.7 Å². The fraction of sp³-hybridized carbons (Fsp3) is 0.478.